The summed E-state index contributed by atoms with van der Waals surface area (Å²) in [6.07, 6.45) is -0.707. The van der Waals surface area contributed by atoms with Gasteiger partial charge < -0.3 is 14.8 Å². The highest BCUT2D eigenvalue weighted by Gasteiger charge is 2.29. The van der Waals surface area contributed by atoms with Gasteiger partial charge in [0.15, 0.2) is 11.5 Å². The number of carbonyl (C=O) groups is 1. The molecule has 2 aromatic rings. The average molecular weight is 329 g/mol. The first-order chi connectivity index (χ1) is 11.5. The summed E-state index contributed by atoms with van der Waals surface area (Å²) in [5.74, 6) is 0.809. The van der Waals surface area contributed by atoms with E-state index in [1.165, 1.54) is 12.1 Å². The van der Waals surface area contributed by atoms with E-state index < -0.39 is 6.10 Å². The molecule has 0 saturated heterocycles. The van der Waals surface area contributed by atoms with E-state index in [1.807, 2.05) is 26.0 Å². The Balaban J connectivity index is 1.71. The Morgan fingerprint density at radius 1 is 1.12 bits per heavy atom. The Labute approximate surface area is 140 Å². The molecule has 1 aliphatic heterocycles. The minimum Gasteiger partial charge on any atom is -0.485 e. The normalized spacial score (nSPS) is 17.4. The lowest BCUT2D eigenvalue weighted by Crippen LogP contribution is -2.46. The molecule has 1 heterocycles. The van der Waals surface area contributed by atoms with Gasteiger partial charge in [-0.2, -0.15) is 0 Å². The molecular formula is C19H20FNO3. The summed E-state index contributed by atoms with van der Waals surface area (Å²) >= 11 is 0. The van der Waals surface area contributed by atoms with Crippen LogP contribution in [0, 0.1) is 11.7 Å². The molecule has 24 heavy (non-hydrogen) atoms. The number of halogens is 1. The van der Waals surface area contributed by atoms with Gasteiger partial charge in [-0.15, -0.1) is 0 Å². The standard InChI is InChI=1S/C19H20FNO3/c1-12(2)18(13-7-9-14(20)10-8-13)21-19(22)17-11-23-15-5-3-4-6-16(15)24-17/h3-10,12,17-18H,11H2,1-2H3,(H,21,22)/t17-,18-/m0/s1. The highest BCUT2D eigenvalue weighted by molar-refractivity contribution is 5.82. The zero-order valence-electron chi connectivity index (χ0n) is 13.7. The maximum absolute atomic E-state index is 13.1. The minimum atomic E-state index is -0.707. The van der Waals surface area contributed by atoms with Crippen LogP contribution < -0.4 is 14.8 Å². The zero-order valence-corrected chi connectivity index (χ0v) is 13.7. The fourth-order valence-electron chi connectivity index (χ4n) is 2.70. The lowest BCUT2D eigenvalue weighted by Gasteiger charge is -2.29. The van der Waals surface area contributed by atoms with Crippen LogP contribution in [0.3, 0.4) is 0 Å². The van der Waals surface area contributed by atoms with Crippen LogP contribution in [0.1, 0.15) is 25.5 Å². The summed E-state index contributed by atoms with van der Waals surface area (Å²) in [7, 11) is 0. The molecule has 0 saturated carbocycles. The molecule has 4 nitrogen and oxygen atoms in total. The van der Waals surface area contributed by atoms with Gasteiger partial charge in [-0.25, -0.2) is 4.39 Å². The topological polar surface area (TPSA) is 47.6 Å². The van der Waals surface area contributed by atoms with Crippen molar-refractivity contribution in [3.05, 3.63) is 59.9 Å². The van der Waals surface area contributed by atoms with Crippen LogP contribution in [0.4, 0.5) is 4.39 Å². The van der Waals surface area contributed by atoms with Crippen molar-refractivity contribution in [1.29, 1.82) is 0 Å². The van der Waals surface area contributed by atoms with Crippen LogP contribution in [-0.2, 0) is 4.79 Å². The zero-order chi connectivity index (χ0) is 17.1. The second kappa shape index (κ2) is 6.91. The van der Waals surface area contributed by atoms with Crippen molar-refractivity contribution in [3.63, 3.8) is 0 Å². The first-order valence-electron chi connectivity index (χ1n) is 7.99. The number of rotatable bonds is 4. The number of nitrogens with one attached hydrogen (secondary N) is 1. The molecule has 1 aliphatic rings. The number of hydrogen-bond acceptors (Lipinski definition) is 3. The number of ether oxygens (including phenoxy) is 2. The monoisotopic (exact) mass is 329 g/mol. The predicted octanol–water partition coefficient (Wildman–Crippen LogP) is 3.48. The first kappa shape index (κ1) is 16.3. The van der Waals surface area contributed by atoms with Crippen LogP contribution in [0.25, 0.3) is 0 Å². The van der Waals surface area contributed by atoms with Crippen LogP contribution in [0.5, 0.6) is 11.5 Å². The molecular weight excluding hydrogens is 309 g/mol. The second-order valence-electron chi connectivity index (χ2n) is 6.15. The first-order valence-corrected chi connectivity index (χ1v) is 7.99. The Morgan fingerprint density at radius 2 is 1.79 bits per heavy atom. The Hall–Kier alpha value is -2.56. The van der Waals surface area contributed by atoms with E-state index in [4.69, 9.17) is 9.47 Å². The van der Waals surface area contributed by atoms with Gasteiger partial charge in [0, 0.05) is 0 Å². The third-order valence-electron chi connectivity index (χ3n) is 3.99. The van der Waals surface area contributed by atoms with Crippen molar-refractivity contribution in [2.45, 2.75) is 26.0 Å². The Morgan fingerprint density at radius 3 is 2.46 bits per heavy atom. The highest BCUT2D eigenvalue weighted by Crippen LogP contribution is 2.31. The third kappa shape index (κ3) is 3.50. The summed E-state index contributed by atoms with van der Waals surface area (Å²) in [6, 6.07) is 13.2. The SMILES string of the molecule is CC(C)[C@H](NC(=O)[C@@H]1COc2ccccc2O1)c1ccc(F)cc1. The number of amides is 1. The summed E-state index contributed by atoms with van der Waals surface area (Å²) in [5.41, 5.74) is 0.858. The van der Waals surface area contributed by atoms with Crippen LogP contribution in [0.2, 0.25) is 0 Å². The van der Waals surface area contributed by atoms with E-state index in [1.54, 1.807) is 24.3 Å². The van der Waals surface area contributed by atoms with E-state index in [0.717, 1.165) is 5.56 Å². The smallest absolute Gasteiger partial charge is 0.265 e. The molecule has 3 rings (SSSR count). The Bertz CT molecular complexity index is 715. The van der Waals surface area contributed by atoms with Crippen molar-refractivity contribution >= 4 is 5.91 Å². The molecule has 126 valence electrons. The molecule has 2 aromatic carbocycles. The second-order valence-corrected chi connectivity index (χ2v) is 6.15. The third-order valence-corrected chi connectivity index (χ3v) is 3.99. The molecule has 0 radical (unpaired) electrons. The predicted molar refractivity (Wildman–Crippen MR) is 88.5 cm³/mol. The van der Waals surface area contributed by atoms with Gasteiger partial charge in [0.2, 0.25) is 6.10 Å². The average Bonchev–Trinajstić information content (AvgIpc) is 2.59. The maximum atomic E-state index is 13.1. The molecule has 0 unspecified atom stereocenters. The van der Waals surface area contributed by atoms with Crippen molar-refractivity contribution < 1.29 is 18.7 Å². The number of hydrogen-bond donors (Lipinski definition) is 1. The fraction of sp³-hybridized carbons (Fsp3) is 0.316. The van der Waals surface area contributed by atoms with E-state index >= 15 is 0 Å². The van der Waals surface area contributed by atoms with Gasteiger partial charge in [0.1, 0.15) is 12.4 Å². The fourth-order valence-corrected chi connectivity index (χ4v) is 2.70. The van der Waals surface area contributed by atoms with E-state index in [0.29, 0.717) is 11.5 Å². The summed E-state index contributed by atoms with van der Waals surface area (Å²) in [5, 5.41) is 2.99. The van der Waals surface area contributed by atoms with Gasteiger partial charge in [-0.1, -0.05) is 38.1 Å². The number of carbonyl (C=O) groups excluding carboxylic acids is 1. The van der Waals surface area contributed by atoms with Crippen LogP contribution in [-0.4, -0.2) is 18.6 Å². The number of para-hydroxylation sites is 2. The minimum absolute atomic E-state index is 0.149. The Kier molecular flexibility index (Phi) is 4.69. The van der Waals surface area contributed by atoms with Crippen molar-refractivity contribution in [3.8, 4) is 11.5 Å². The maximum Gasteiger partial charge on any atom is 0.265 e. The van der Waals surface area contributed by atoms with E-state index in [-0.39, 0.29) is 30.3 Å². The molecule has 0 spiro atoms. The number of benzene rings is 2. The van der Waals surface area contributed by atoms with Gasteiger partial charge in [0.25, 0.3) is 5.91 Å². The highest BCUT2D eigenvalue weighted by atomic mass is 19.1. The van der Waals surface area contributed by atoms with E-state index in [9.17, 15) is 9.18 Å². The summed E-state index contributed by atoms with van der Waals surface area (Å²) in [6.45, 7) is 4.17. The van der Waals surface area contributed by atoms with Gasteiger partial charge in [-0.3, -0.25) is 4.79 Å². The van der Waals surface area contributed by atoms with Crippen LogP contribution in [0.15, 0.2) is 48.5 Å². The van der Waals surface area contributed by atoms with Gasteiger partial charge in [-0.05, 0) is 35.7 Å². The molecule has 0 aliphatic carbocycles. The molecule has 0 bridgehead atoms. The molecule has 1 N–H and O–H groups in total. The van der Waals surface area contributed by atoms with Gasteiger partial charge >= 0.3 is 0 Å². The molecule has 0 fully saturated rings. The van der Waals surface area contributed by atoms with E-state index in [2.05, 4.69) is 5.32 Å². The number of fused-ring (bicyclic) bond motifs is 1. The molecule has 1 amide bonds. The van der Waals surface area contributed by atoms with Gasteiger partial charge in [0.05, 0.1) is 6.04 Å². The van der Waals surface area contributed by atoms with Crippen molar-refractivity contribution in [2.24, 2.45) is 5.92 Å². The lowest BCUT2D eigenvalue weighted by molar-refractivity contribution is -0.131. The lowest BCUT2D eigenvalue weighted by atomic mass is 9.95. The summed E-state index contributed by atoms with van der Waals surface area (Å²) < 4.78 is 24.4. The van der Waals surface area contributed by atoms with Crippen LogP contribution >= 0.6 is 0 Å². The largest absolute Gasteiger partial charge is 0.485 e. The quantitative estimate of drug-likeness (QED) is 0.934. The molecule has 2 atom stereocenters. The summed E-state index contributed by atoms with van der Waals surface area (Å²) in [4.78, 5) is 12.6. The molecule has 0 aromatic heterocycles. The van der Waals surface area contributed by atoms with Crippen molar-refractivity contribution in [1.82, 2.24) is 5.32 Å². The van der Waals surface area contributed by atoms with Crippen molar-refractivity contribution in [2.75, 3.05) is 6.61 Å². The molecule has 5 heteroatoms.